The van der Waals surface area contributed by atoms with Crippen LogP contribution in [0.3, 0.4) is 0 Å². The van der Waals surface area contributed by atoms with Gasteiger partial charge >= 0.3 is 11.9 Å². The molecule has 3 N–H and O–H groups in total. The molecule has 0 aliphatic carbocycles. The molecule has 11 heteroatoms. The van der Waals surface area contributed by atoms with Crippen molar-refractivity contribution in [3.63, 3.8) is 0 Å². The Balaban J connectivity index is 0.000000481. The molecular weight excluding hydrogens is 460 g/mol. The van der Waals surface area contributed by atoms with Crippen LogP contribution in [0.25, 0.3) is 11.5 Å². The van der Waals surface area contributed by atoms with Gasteiger partial charge in [0.05, 0.1) is 19.4 Å². The van der Waals surface area contributed by atoms with E-state index in [0.29, 0.717) is 13.1 Å². The second kappa shape index (κ2) is 12.6. The maximum Gasteiger partial charge on any atom is 0.414 e. The van der Waals surface area contributed by atoms with Crippen LogP contribution >= 0.6 is 11.3 Å². The predicted octanol–water partition coefficient (Wildman–Crippen LogP) is 1.99. The minimum atomic E-state index is -1.82. The second-order valence-corrected chi connectivity index (χ2v) is 8.47. The van der Waals surface area contributed by atoms with E-state index in [-0.39, 0.29) is 5.91 Å². The summed E-state index contributed by atoms with van der Waals surface area (Å²) in [7, 11) is 0. The van der Waals surface area contributed by atoms with E-state index >= 15 is 0 Å². The summed E-state index contributed by atoms with van der Waals surface area (Å²) >= 11 is 1.67. The summed E-state index contributed by atoms with van der Waals surface area (Å²) in [5.74, 6) is -2.75. The number of carbonyl (C=O) groups excluding carboxylic acids is 1. The molecule has 180 valence electrons. The Morgan fingerprint density at radius 1 is 0.971 bits per heavy atom. The molecule has 34 heavy (non-hydrogen) atoms. The summed E-state index contributed by atoms with van der Waals surface area (Å²) < 4.78 is 5.41. The number of benzene rings is 1. The molecule has 0 bridgehead atoms. The highest BCUT2D eigenvalue weighted by atomic mass is 32.1. The van der Waals surface area contributed by atoms with Crippen LogP contribution in [0, 0.1) is 0 Å². The van der Waals surface area contributed by atoms with Crippen LogP contribution in [-0.4, -0.2) is 75.6 Å². The molecule has 0 unspecified atom stereocenters. The van der Waals surface area contributed by atoms with E-state index < -0.39 is 11.9 Å². The number of piperazine rings is 1. The maximum absolute atomic E-state index is 12.2. The highest BCUT2D eigenvalue weighted by Gasteiger charge is 2.20. The van der Waals surface area contributed by atoms with E-state index in [1.165, 1.54) is 0 Å². The van der Waals surface area contributed by atoms with Crippen LogP contribution in [0.4, 0.5) is 0 Å². The fourth-order valence-electron chi connectivity index (χ4n) is 3.27. The van der Waals surface area contributed by atoms with E-state index in [0.717, 1.165) is 54.7 Å². The quantitative estimate of drug-likeness (QED) is 0.428. The molecule has 1 aliphatic heterocycles. The van der Waals surface area contributed by atoms with Crippen molar-refractivity contribution < 1.29 is 29.0 Å². The monoisotopic (exact) mass is 486 g/mol. The van der Waals surface area contributed by atoms with Crippen LogP contribution in [0.5, 0.6) is 0 Å². The standard InChI is InChI=1S/C21H24N4O2S.C2H2O4/c26-20(22-13-17-5-2-1-3-6-17)14-24-8-10-25(11-9-24)15-21-23-18(16-28-21)19-7-4-12-27-19;3-1(4)2(5)6/h1-7,12,16H,8-11,13-15H2,(H,22,26);(H,3,4)(H,5,6). The third kappa shape index (κ3) is 8.10. The number of amides is 1. The molecule has 1 amide bonds. The molecule has 1 aromatic carbocycles. The van der Waals surface area contributed by atoms with Crippen LogP contribution in [0.2, 0.25) is 0 Å². The minimum absolute atomic E-state index is 0.0836. The Morgan fingerprint density at radius 3 is 2.26 bits per heavy atom. The molecule has 1 aliphatic rings. The molecule has 1 fully saturated rings. The SMILES string of the molecule is O=C(CN1CCN(Cc2nc(-c3ccco3)cs2)CC1)NCc1ccccc1.O=C(O)C(=O)O. The Labute approximate surface area is 200 Å². The lowest BCUT2D eigenvalue weighted by molar-refractivity contribution is -0.159. The zero-order valence-electron chi connectivity index (χ0n) is 18.4. The molecule has 10 nitrogen and oxygen atoms in total. The number of thiazole rings is 1. The number of hydrogen-bond acceptors (Lipinski definition) is 8. The van der Waals surface area contributed by atoms with Crippen molar-refractivity contribution >= 4 is 29.2 Å². The van der Waals surface area contributed by atoms with Crippen LogP contribution in [0.15, 0.2) is 58.5 Å². The molecule has 2 aromatic heterocycles. The van der Waals surface area contributed by atoms with Crippen molar-refractivity contribution in [3.8, 4) is 11.5 Å². The van der Waals surface area contributed by atoms with Crippen molar-refractivity contribution in [3.05, 3.63) is 64.7 Å². The first-order chi connectivity index (χ1) is 16.4. The second-order valence-electron chi connectivity index (χ2n) is 7.53. The van der Waals surface area contributed by atoms with Gasteiger partial charge in [-0.1, -0.05) is 30.3 Å². The number of hydrogen-bond donors (Lipinski definition) is 3. The minimum Gasteiger partial charge on any atom is -0.473 e. The molecule has 0 atom stereocenters. The van der Waals surface area contributed by atoms with Gasteiger partial charge in [-0.2, -0.15) is 0 Å². The third-order valence-electron chi connectivity index (χ3n) is 5.03. The zero-order chi connectivity index (χ0) is 24.3. The average molecular weight is 487 g/mol. The number of carbonyl (C=O) groups is 3. The van der Waals surface area contributed by atoms with E-state index in [2.05, 4.69) is 20.1 Å². The summed E-state index contributed by atoms with van der Waals surface area (Å²) in [6.45, 7) is 5.58. The Kier molecular flexibility index (Phi) is 9.32. The summed E-state index contributed by atoms with van der Waals surface area (Å²) in [5, 5.41) is 20.9. The lowest BCUT2D eigenvalue weighted by atomic mass is 10.2. The Bertz CT molecular complexity index is 1050. The topological polar surface area (TPSA) is 136 Å². The Hall–Kier alpha value is -3.54. The van der Waals surface area contributed by atoms with Crippen molar-refractivity contribution in [1.82, 2.24) is 20.1 Å². The smallest absolute Gasteiger partial charge is 0.414 e. The van der Waals surface area contributed by atoms with Crippen molar-refractivity contribution in [2.75, 3.05) is 32.7 Å². The molecule has 0 radical (unpaired) electrons. The highest BCUT2D eigenvalue weighted by Crippen LogP contribution is 2.23. The van der Waals surface area contributed by atoms with Gasteiger partial charge in [-0.25, -0.2) is 14.6 Å². The number of nitrogens with zero attached hydrogens (tertiary/aromatic N) is 3. The molecule has 1 saturated heterocycles. The van der Waals surface area contributed by atoms with E-state index in [4.69, 9.17) is 24.2 Å². The number of carboxylic acids is 2. The van der Waals surface area contributed by atoms with Gasteiger partial charge < -0.3 is 19.9 Å². The zero-order valence-corrected chi connectivity index (χ0v) is 19.2. The van der Waals surface area contributed by atoms with Gasteiger partial charge in [0, 0.05) is 38.1 Å². The number of aliphatic carboxylic acids is 2. The number of furan rings is 1. The van der Waals surface area contributed by atoms with Gasteiger partial charge in [0.25, 0.3) is 0 Å². The van der Waals surface area contributed by atoms with Gasteiger partial charge in [-0.05, 0) is 17.7 Å². The lowest BCUT2D eigenvalue weighted by Crippen LogP contribution is -2.49. The van der Waals surface area contributed by atoms with Gasteiger partial charge in [-0.15, -0.1) is 11.3 Å². The van der Waals surface area contributed by atoms with Gasteiger partial charge in [0.2, 0.25) is 5.91 Å². The highest BCUT2D eigenvalue weighted by molar-refractivity contribution is 7.09. The summed E-state index contributed by atoms with van der Waals surface area (Å²) in [4.78, 5) is 39.7. The van der Waals surface area contributed by atoms with Crippen molar-refractivity contribution in [1.29, 1.82) is 0 Å². The number of nitrogens with one attached hydrogen (secondary N) is 1. The fraction of sp³-hybridized carbons (Fsp3) is 0.304. The molecule has 3 heterocycles. The summed E-state index contributed by atoms with van der Waals surface area (Å²) in [6.07, 6.45) is 1.67. The van der Waals surface area contributed by atoms with E-state index in [1.54, 1.807) is 17.6 Å². The summed E-state index contributed by atoms with van der Waals surface area (Å²) in [6, 6.07) is 13.8. The fourth-order valence-corrected chi connectivity index (χ4v) is 4.10. The molecule has 0 spiro atoms. The normalized spacial score (nSPS) is 14.1. The predicted molar refractivity (Wildman–Crippen MR) is 125 cm³/mol. The van der Waals surface area contributed by atoms with Crippen LogP contribution in [-0.2, 0) is 27.5 Å². The van der Waals surface area contributed by atoms with Crippen LogP contribution in [0.1, 0.15) is 10.6 Å². The Morgan fingerprint density at radius 2 is 1.65 bits per heavy atom. The third-order valence-corrected chi connectivity index (χ3v) is 5.87. The largest absolute Gasteiger partial charge is 0.473 e. The van der Waals surface area contributed by atoms with Gasteiger partial charge in [0.15, 0.2) is 5.76 Å². The van der Waals surface area contributed by atoms with Crippen molar-refractivity contribution in [2.45, 2.75) is 13.1 Å². The molecular formula is C23H26N4O6S. The van der Waals surface area contributed by atoms with Crippen LogP contribution < -0.4 is 5.32 Å². The van der Waals surface area contributed by atoms with Gasteiger partial charge in [0.1, 0.15) is 10.7 Å². The first kappa shape index (κ1) is 25.1. The molecule has 3 aromatic rings. The first-order valence-electron chi connectivity index (χ1n) is 10.6. The van der Waals surface area contributed by atoms with E-state index in [1.807, 2.05) is 47.8 Å². The first-order valence-corrected chi connectivity index (χ1v) is 11.5. The number of carboxylic acid groups (broad SMARTS) is 2. The number of rotatable bonds is 7. The molecule has 0 saturated carbocycles. The van der Waals surface area contributed by atoms with Gasteiger partial charge in [-0.3, -0.25) is 14.6 Å². The summed E-state index contributed by atoms with van der Waals surface area (Å²) in [5.41, 5.74) is 2.02. The molecule has 4 rings (SSSR count). The lowest BCUT2D eigenvalue weighted by Gasteiger charge is -2.33. The van der Waals surface area contributed by atoms with E-state index in [9.17, 15) is 4.79 Å². The number of aromatic nitrogens is 1. The average Bonchev–Trinajstić information content (AvgIpc) is 3.52. The maximum atomic E-state index is 12.2. The van der Waals surface area contributed by atoms with Crippen molar-refractivity contribution in [2.24, 2.45) is 0 Å².